The molecule has 32 heavy (non-hydrogen) atoms. The maximum atomic E-state index is 13.0. The Morgan fingerprint density at radius 3 is 2.34 bits per heavy atom. The average molecular weight is 426 g/mol. The van der Waals surface area contributed by atoms with Gasteiger partial charge in [-0.3, -0.25) is 14.5 Å². The number of fused-ring (bicyclic) bond motifs is 3. The van der Waals surface area contributed by atoms with Gasteiger partial charge in [0.1, 0.15) is 11.6 Å². The van der Waals surface area contributed by atoms with Crippen molar-refractivity contribution in [2.24, 2.45) is 0 Å². The number of carbonyl (C=O) groups is 2. The van der Waals surface area contributed by atoms with Gasteiger partial charge in [-0.2, -0.15) is 0 Å². The fraction of sp³-hybridized carbons (Fsp3) is 0.222. The van der Waals surface area contributed by atoms with Crippen molar-refractivity contribution in [3.8, 4) is 5.69 Å². The molecule has 5 heteroatoms. The van der Waals surface area contributed by atoms with Crippen LogP contribution in [0, 0.1) is 0 Å². The smallest absolute Gasteiger partial charge is 0.239 e. The molecule has 0 atom stereocenters. The van der Waals surface area contributed by atoms with Gasteiger partial charge in [0.2, 0.25) is 5.91 Å². The van der Waals surface area contributed by atoms with Gasteiger partial charge in [-0.15, -0.1) is 0 Å². The van der Waals surface area contributed by atoms with Gasteiger partial charge in [0.25, 0.3) is 0 Å². The summed E-state index contributed by atoms with van der Waals surface area (Å²) in [5, 5.41) is 2.09. The van der Waals surface area contributed by atoms with Gasteiger partial charge < -0.3 is 4.57 Å². The largest absolute Gasteiger partial charge is 0.304 e. The quantitative estimate of drug-likeness (QED) is 0.390. The standard InChI is InChI=1S/C25H21N3O2.C2H6/c1-2-24-26-13-14-27(24)18-8-10-19(11-9-18)28-23-12-7-17-5-3-4-6-21(17)22(23)15-20(29)16-25(28)30;1-2/h3-14H,2,15-16H2,1H3;1-2H3. The summed E-state index contributed by atoms with van der Waals surface area (Å²) in [6, 6.07) is 19.8. The summed E-state index contributed by atoms with van der Waals surface area (Å²) in [5.74, 6) is 0.734. The normalized spacial score (nSPS) is 13.4. The number of nitrogens with zero attached hydrogens (tertiary/aromatic N) is 3. The SMILES string of the molecule is CC.CCc1nccn1-c1ccc(N2C(=O)CC(=O)Cc3c2ccc2ccccc32)cc1. The molecule has 0 fully saturated rings. The molecule has 0 N–H and O–H groups in total. The van der Waals surface area contributed by atoms with E-state index in [0.717, 1.165) is 45.6 Å². The Kier molecular flexibility index (Phi) is 6.17. The molecule has 1 amide bonds. The molecule has 1 aliphatic heterocycles. The summed E-state index contributed by atoms with van der Waals surface area (Å²) < 4.78 is 2.04. The third-order valence-corrected chi connectivity index (χ3v) is 5.65. The van der Waals surface area contributed by atoms with Gasteiger partial charge in [-0.25, -0.2) is 4.98 Å². The Labute approximate surface area is 188 Å². The topological polar surface area (TPSA) is 55.2 Å². The van der Waals surface area contributed by atoms with Crippen molar-refractivity contribution in [3.63, 3.8) is 0 Å². The lowest BCUT2D eigenvalue weighted by Crippen LogP contribution is -2.26. The molecule has 4 aromatic rings. The second-order valence-corrected chi connectivity index (χ2v) is 7.49. The monoisotopic (exact) mass is 425 g/mol. The zero-order valence-electron chi connectivity index (χ0n) is 18.7. The molecule has 0 saturated heterocycles. The second-order valence-electron chi connectivity index (χ2n) is 7.49. The number of aryl methyl sites for hydroxylation is 1. The van der Waals surface area contributed by atoms with Crippen molar-refractivity contribution in [3.05, 3.63) is 84.4 Å². The molecule has 5 rings (SSSR count). The maximum Gasteiger partial charge on any atom is 0.239 e. The van der Waals surface area contributed by atoms with E-state index in [1.165, 1.54) is 0 Å². The van der Waals surface area contributed by atoms with Gasteiger partial charge in [0, 0.05) is 36.6 Å². The van der Waals surface area contributed by atoms with Crippen LogP contribution < -0.4 is 4.90 Å². The third kappa shape index (κ3) is 3.82. The van der Waals surface area contributed by atoms with E-state index in [1.807, 2.05) is 85.3 Å². The fourth-order valence-electron chi connectivity index (χ4n) is 4.24. The maximum absolute atomic E-state index is 13.0. The van der Waals surface area contributed by atoms with Crippen LogP contribution in [0.25, 0.3) is 16.5 Å². The first-order chi connectivity index (χ1) is 15.7. The van der Waals surface area contributed by atoms with E-state index in [4.69, 9.17) is 0 Å². The summed E-state index contributed by atoms with van der Waals surface area (Å²) >= 11 is 0. The van der Waals surface area contributed by atoms with Crippen molar-refractivity contribution in [2.45, 2.75) is 40.0 Å². The molecule has 0 spiro atoms. The minimum Gasteiger partial charge on any atom is -0.304 e. The number of benzene rings is 3. The second kappa shape index (κ2) is 9.18. The first kappa shape index (κ1) is 21.5. The lowest BCUT2D eigenvalue weighted by molar-refractivity contribution is -0.125. The molecule has 2 heterocycles. The number of anilines is 2. The molecule has 0 aliphatic carbocycles. The van der Waals surface area contributed by atoms with E-state index < -0.39 is 0 Å². The average Bonchev–Trinajstić information content (AvgIpc) is 3.26. The minimum absolute atomic E-state index is 0.0530. The van der Waals surface area contributed by atoms with E-state index in [0.29, 0.717) is 0 Å². The lowest BCUT2D eigenvalue weighted by atomic mass is 9.98. The predicted molar refractivity (Wildman–Crippen MR) is 129 cm³/mol. The van der Waals surface area contributed by atoms with Crippen LogP contribution in [0.5, 0.6) is 0 Å². The highest BCUT2D eigenvalue weighted by Crippen LogP contribution is 2.37. The molecule has 3 aromatic carbocycles. The molecule has 1 aliphatic rings. The Hall–Kier alpha value is -3.73. The Balaban J connectivity index is 0.00000119. The van der Waals surface area contributed by atoms with Crippen molar-refractivity contribution < 1.29 is 9.59 Å². The number of imidazole rings is 1. The van der Waals surface area contributed by atoms with E-state index >= 15 is 0 Å². The number of amides is 1. The number of rotatable bonds is 3. The number of aromatic nitrogens is 2. The Bertz CT molecular complexity index is 1270. The summed E-state index contributed by atoms with van der Waals surface area (Å²) in [4.78, 5) is 31.6. The minimum atomic E-state index is -0.196. The zero-order valence-corrected chi connectivity index (χ0v) is 18.7. The molecule has 0 unspecified atom stereocenters. The molecule has 5 nitrogen and oxygen atoms in total. The van der Waals surface area contributed by atoms with Crippen molar-refractivity contribution in [1.29, 1.82) is 0 Å². The number of hydrogen-bond acceptors (Lipinski definition) is 3. The van der Waals surface area contributed by atoms with Crippen molar-refractivity contribution in [2.75, 3.05) is 4.90 Å². The van der Waals surface area contributed by atoms with Crippen molar-refractivity contribution >= 4 is 33.8 Å². The van der Waals surface area contributed by atoms with Gasteiger partial charge in [-0.05, 0) is 46.7 Å². The lowest BCUT2D eigenvalue weighted by Gasteiger charge is -2.24. The van der Waals surface area contributed by atoms with Crippen molar-refractivity contribution in [1.82, 2.24) is 9.55 Å². The van der Waals surface area contributed by atoms with E-state index in [2.05, 4.69) is 11.9 Å². The highest BCUT2D eigenvalue weighted by atomic mass is 16.2. The van der Waals surface area contributed by atoms with Crippen LogP contribution >= 0.6 is 0 Å². The number of Topliss-reactive ketones (excluding diaryl/α,β-unsaturated/α-hetero) is 1. The predicted octanol–water partition coefficient (Wildman–Crippen LogP) is 5.79. The number of ketones is 1. The van der Waals surface area contributed by atoms with Crippen LogP contribution in [0.1, 0.15) is 38.6 Å². The van der Waals surface area contributed by atoms with Gasteiger partial charge in [-0.1, -0.05) is 51.1 Å². The van der Waals surface area contributed by atoms with E-state index in [9.17, 15) is 9.59 Å². The van der Waals surface area contributed by atoms with Gasteiger partial charge in [0.15, 0.2) is 0 Å². The molecule has 0 bridgehead atoms. The summed E-state index contributed by atoms with van der Waals surface area (Å²) in [5.41, 5.74) is 3.45. The van der Waals surface area contributed by atoms with E-state index in [-0.39, 0.29) is 24.5 Å². The van der Waals surface area contributed by atoms with Gasteiger partial charge in [0.05, 0.1) is 12.1 Å². The van der Waals surface area contributed by atoms with Crippen LogP contribution in [0.3, 0.4) is 0 Å². The van der Waals surface area contributed by atoms with Crippen LogP contribution in [-0.4, -0.2) is 21.2 Å². The fourth-order valence-corrected chi connectivity index (χ4v) is 4.24. The van der Waals surface area contributed by atoms with Crippen LogP contribution in [-0.2, 0) is 22.4 Å². The highest BCUT2D eigenvalue weighted by Gasteiger charge is 2.28. The zero-order chi connectivity index (χ0) is 22.7. The van der Waals surface area contributed by atoms with Crippen LogP contribution in [0.15, 0.2) is 73.1 Å². The summed E-state index contributed by atoms with van der Waals surface area (Å²) in [7, 11) is 0. The molecule has 0 radical (unpaired) electrons. The number of carbonyl (C=O) groups excluding carboxylic acids is 2. The van der Waals surface area contributed by atoms with Crippen LogP contribution in [0.4, 0.5) is 11.4 Å². The molecule has 162 valence electrons. The highest BCUT2D eigenvalue weighted by molar-refractivity contribution is 6.14. The summed E-state index contributed by atoms with van der Waals surface area (Å²) in [6.45, 7) is 6.07. The van der Waals surface area contributed by atoms with Crippen LogP contribution in [0.2, 0.25) is 0 Å². The van der Waals surface area contributed by atoms with Gasteiger partial charge >= 0.3 is 0 Å². The summed E-state index contributed by atoms with van der Waals surface area (Å²) in [6.07, 6.45) is 4.74. The van der Waals surface area contributed by atoms with E-state index in [1.54, 1.807) is 11.1 Å². The molecular weight excluding hydrogens is 398 g/mol. The Morgan fingerprint density at radius 1 is 0.875 bits per heavy atom. The molecular formula is C27H27N3O2. The third-order valence-electron chi connectivity index (χ3n) is 5.65. The molecule has 1 aromatic heterocycles. The Morgan fingerprint density at radius 2 is 1.59 bits per heavy atom. The number of hydrogen-bond donors (Lipinski definition) is 0. The first-order valence-electron chi connectivity index (χ1n) is 11.1. The first-order valence-corrected chi connectivity index (χ1v) is 11.1. The molecule has 0 saturated carbocycles.